The zero-order chi connectivity index (χ0) is 14.1. The summed E-state index contributed by atoms with van der Waals surface area (Å²) in [6, 6.07) is -0.0341. The van der Waals surface area contributed by atoms with Gasteiger partial charge in [0.15, 0.2) is 0 Å². The molecule has 0 heterocycles. The SMILES string of the molecule is CCC(CSC)NC(=O)N(CC)CC(C)C(=O)O. The van der Waals surface area contributed by atoms with Gasteiger partial charge in [0.05, 0.1) is 5.92 Å². The number of hydrogen-bond donors (Lipinski definition) is 2. The van der Waals surface area contributed by atoms with E-state index < -0.39 is 11.9 Å². The van der Waals surface area contributed by atoms with Crippen LogP contribution in [0.5, 0.6) is 0 Å². The van der Waals surface area contributed by atoms with Gasteiger partial charge in [0.25, 0.3) is 0 Å². The Bertz CT molecular complexity index is 274. The zero-order valence-corrected chi connectivity index (χ0v) is 12.4. The number of carboxylic acids is 1. The number of carbonyl (C=O) groups excluding carboxylic acids is 1. The Morgan fingerprint density at radius 3 is 2.39 bits per heavy atom. The second-order valence-corrected chi connectivity index (χ2v) is 5.20. The average molecular weight is 276 g/mol. The lowest BCUT2D eigenvalue weighted by Gasteiger charge is -2.26. The highest BCUT2D eigenvalue weighted by Crippen LogP contribution is 2.04. The summed E-state index contributed by atoms with van der Waals surface area (Å²) in [4.78, 5) is 24.3. The quantitative estimate of drug-likeness (QED) is 0.710. The Kier molecular flexibility index (Phi) is 8.62. The van der Waals surface area contributed by atoms with E-state index in [-0.39, 0.29) is 18.6 Å². The molecule has 0 fully saturated rings. The Labute approximate surface area is 113 Å². The van der Waals surface area contributed by atoms with Crippen molar-refractivity contribution >= 4 is 23.8 Å². The molecule has 5 nitrogen and oxygen atoms in total. The molecule has 2 N–H and O–H groups in total. The predicted octanol–water partition coefficient (Wildman–Crippen LogP) is 1.88. The van der Waals surface area contributed by atoms with Crippen LogP contribution in [0, 0.1) is 5.92 Å². The number of amides is 2. The molecule has 0 aliphatic heterocycles. The number of nitrogens with one attached hydrogen (secondary N) is 1. The van der Waals surface area contributed by atoms with Gasteiger partial charge in [-0.3, -0.25) is 4.79 Å². The van der Waals surface area contributed by atoms with Crippen molar-refractivity contribution in [3.05, 3.63) is 0 Å². The number of rotatable bonds is 8. The molecular formula is C12H24N2O3S. The highest BCUT2D eigenvalue weighted by Gasteiger charge is 2.20. The van der Waals surface area contributed by atoms with E-state index >= 15 is 0 Å². The molecule has 0 aromatic carbocycles. The van der Waals surface area contributed by atoms with E-state index in [4.69, 9.17) is 5.11 Å². The largest absolute Gasteiger partial charge is 0.481 e. The minimum absolute atomic E-state index is 0.140. The lowest BCUT2D eigenvalue weighted by atomic mass is 10.2. The number of thioether (sulfide) groups is 1. The Morgan fingerprint density at radius 1 is 1.39 bits per heavy atom. The molecule has 2 amide bonds. The molecule has 2 unspecified atom stereocenters. The van der Waals surface area contributed by atoms with Crippen molar-refractivity contribution in [1.82, 2.24) is 10.2 Å². The van der Waals surface area contributed by atoms with Gasteiger partial charge in [0, 0.05) is 24.9 Å². The first kappa shape index (κ1) is 17.1. The third-order valence-corrected chi connectivity index (χ3v) is 3.51. The summed E-state index contributed by atoms with van der Waals surface area (Å²) in [5.41, 5.74) is 0. The molecule has 0 radical (unpaired) electrons. The summed E-state index contributed by atoms with van der Waals surface area (Å²) in [5.74, 6) is -0.553. The number of nitrogens with zero attached hydrogens (tertiary/aromatic N) is 1. The topological polar surface area (TPSA) is 69.6 Å². The average Bonchev–Trinajstić information content (AvgIpc) is 2.34. The van der Waals surface area contributed by atoms with Crippen molar-refractivity contribution < 1.29 is 14.7 Å². The maximum absolute atomic E-state index is 12.0. The van der Waals surface area contributed by atoms with Crippen LogP contribution in [0.2, 0.25) is 0 Å². The second kappa shape index (κ2) is 9.08. The summed E-state index contributed by atoms with van der Waals surface area (Å²) in [5, 5.41) is 11.8. The van der Waals surface area contributed by atoms with E-state index in [0.29, 0.717) is 6.54 Å². The molecule has 0 aromatic rings. The van der Waals surface area contributed by atoms with Crippen LogP contribution >= 0.6 is 11.8 Å². The third kappa shape index (κ3) is 6.14. The normalized spacial score (nSPS) is 13.8. The van der Waals surface area contributed by atoms with Crippen LogP contribution in [0.25, 0.3) is 0 Å². The first-order valence-corrected chi connectivity index (χ1v) is 7.62. The number of carboxylic acid groups (broad SMARTS) is 1. The van der Waals surface area contributed by atoms with Crippen molar-refractivity contribution in [2.24, 2.45) is 5.92 Å². The summed E-state index contributed by atoms with van der Waals surface area (Å²) < 4.78 is 0. The molecule has 0 saturated heterocycles. The van der Waals surface area contributed by atoms with E-state index in [1.807, 2.05) is 20.1 Å². The summed E-state index contributed by atoms with van der Waals surface area (Å²) in [7, 11) is 0. The van der Waals surface area contributed by atoms with Gasteiger partial charge in [-0.15, -0.1) is 0 Å². The molecule has 0 saturated carbocycles. The number of aliphatic carboxylic acids is 1. The number of urea groups is 1. The molecule has 0 aliphatic rings. The van der Waals surface area contributed by atoms with Crippen molar-refractivity contribution in [3.8, 4) is 0 Å². The van der Waals surface area contributed by atoms with Crippen molar-refractivity contribution in [1.29, 1.82) is 0 Å². The van der Waals surface area contributed by atoms with E-state index in [0.717, 1.165) is 12.2 Å². The fraction of sp³-hybridized carbons (Fsp3) is 0.833. The van der Waals surface area contributed by atoms with Crippen LogP contribution in [0.3, 0.4) is 0 Å². The summed E-state index contributed by atoms with van der Waals surface area (Å²) in [6.45, 7) is 6.24. The summed E-state index contributed by atoms with van der Waals surface area (Å²) in [6.07, 6.45) is 2.87. The van der Waals surface area contributed by atoms with Crippen LogP contribution in [0.4, 0.5) is 4.79 Å². The van der Waals surface area contributed by atoms with Crippen molar-refractivity contribution in [2.75, 3.05) is 25.1 Å². The van der Waals surface area contributed by atoms with Gasteiger partial charge < -0.3 is 15.3 Å². The van der Waals surface area contributed by atoms with E-state index in [2.05, 4.69) is 5.32 Å². The van der Waals surface area contributed by atoms with Crippen LogP contribution in [-0.4, -0.2) is 53.1 Å². The van der Waals surface area contributed by atoms with Crippen molar-refractivity contribution in [3.63, 3.8) is 0 Å². The predicted molar refractivity (Wildman–Crippen MR) is 75.0 cm³/mol. The fourth-order valence-electron chi connectivity index (χ4n) is 1.49. The Morgan fingerprint density at radius 2 is 2.00 bits per heavy atom. The minimum atomic E-state index is -0.877. The van der Waals surface area contributed by atoms with Gasteiger partial charge >= 0.3 is 12.0 Å². The Hall–Kier alpha value is -0.910. The standard InChI is InChI=1S/C12H24N2O3S/c1-5-10(8-18-4)13-12(17)14(6-2)7-9(3)11(15)16/h9-10H,5-8H2,1-4H3,(H,13,17)(H,15,16). The molecule has 0 bridgehead atoms. The molecule has 106 valence electrons. The molecule has 0 aromatic heterocycles. The van der Waals surface area contributed by atoms with Gasteiger partial charge in [-0.1, -0.05) is 13.8 Å². The molecule has 0 rings (SSSR count). The molecule has 6 heteroatoms. The van der Waals surface area contributed by atoms with Gasteiger partial charge in [-0.25, -0.2) is 4.79 Å². The van der Waals surface area contributed by atoms with Gasteiger partial charge in [0.2, 0.25) is 0 Å². The van der Waals surface area contributed by atoms with Crippen LogP contribution in [0.15, 0.2) is 0 Å². The van der Waals surface area contributed by atoms with Crippen molar-refractivity contribution in [2.45, 2.75) is 33.2 Å². The van der Waals surface area contributed by atoms with Gasteiger partial charge in [0.1, 0.15) is 0 Å². The fourth-order valence-corrected chi connectivity index (χ4v) is 2.21. The number of hydrogen-bond acceptors (Lipinski definition) is 3. The van der Waals surface area contributed by atoms with Crippen LogP contribution < -0.4 is 5.32 Å². The van der Waals surface area contributed by atoms with Crippen LogP contribution in [-0.2, 0) is 4.79 Å². The molecule has 2 atom stereocenters. The first-order valence-electron chi connectivity index (χ1n) is 6.23. The van der Waals surface area contributed by atoms with E-state index in [1.165, 1.54) is 0 Å². The van der Waals surface area contributed by atoms with E-state index in [1.54, 1.807) is 23.6 Å². The number of carbonyl (C=O) groups is 2. The maximum atomic E-state index is 12.0. The first-order chi connectivity index (χ1) is 8.46. The van der Waals surface area contributed by atoms with E-state index in [9.17, 15) is 9.59 Å². The molecule has 0 spiro atoms. The zero-order valence-electron chi connectivity index (χ0n) is 11.6. The highest BCUT2D eigenvalue weighted by atomic mass is 32.2. The minimum Gasteiger partial charge on any atom is -0.481 e. The lowest BCUT2D eigenvalue weighted by Crippen LogP contribution is -2.47. The molecular weight excluding hydrogens is 252 g/mol. The molecule has 0 aliphatic carbocycles. The van der Waals surface area contributed by atoms with Crippen LogP contribution in [0.1, 0.15) is 27.2 Å². The smallest absolute Gasteiger partial charge is 0.317 e. The Balaban J connectivity index is 4.37. The van der Waals surface area contributed by atoms with Gasteiger partial charge in [-0.2, -0.15) is 11.8 Å². The third-order valence-electron chi connectivity index (χ3n) is 2.77. The van der Waals surface area contributed by atoms with Gasteiger partial charge in [-0.05, 0) is 19.6 Å². The second-order valence-electron chi connectivity index (χ2n) is 4.29. The monoisotopic (exact) mass is 276 g/mol. The summed E-state index contributed by atoms with van der Waals surface area (Å²) >= 11 is 1.69. The highest BCUT2D eigenvalue weighted by molar-refractivity contribution is 7.98. The maximum Gasteiger partial charge on any atom is 0.317 e. The molecule has 18 heavy (non-hydrogen) atoms. The lowest BCUT2D eigenvalue weighted by molar-refractivity contribution is -0.141.